The Labute approximate surface area is 362 Å². The van der Waals surface area contributed by atoms with Crippen LogP contribution >= 0.6 is 0 Å². The highest BCUT2D eigenvalue weighted by molar-refractivity contribution is 5.86. The number of esters is 4. The van der Waals surface area contributed by atoms with Crippen molar-refractivity contribution in [3.05, 3.63) is 144 Å². The molecule has 0 spiro atoms. The van der Waals surface area contributed by atoms with Crippen LogP contribution in [0.15, 0.2) is 122 Å². The number of H-pyrrole nitrogens is 4. The molecule has 0 aliphatic carbocycles. The summed E-state index contributed by atoms with van der Waals surface area (Å²) < 4.78 is 30.2. The summed E-state index contributed by atoms with van der Waals surface area (Å²) in [5, 5.41) is 4.03. The molecule has 1 aliphatic rings. The molecule has 8 aromatic rings. The number of aromatic amines is 4. The predicted molar refractivity (Wildman–Crippen MR) is 237 cm³/mol. The molecule has 1 fully saturated rings. The van der Waals surface area contributed by atoms with Crippen LogP contribution in [-0.2, 0) is 68.5 Å². The average Bonchev–Trinajstić information content (AvgIpc) is 4.16. The number of aryl methyl sites for hydroxylation is 4. The van der Waals surface area contributed by atoms with Crippen molar-refractivity contribution in [2.24, 2.45) is 0 Å². The molecular weight excluding hydrogens is 801 g/mol. The Kier molecular flexibility index (Phi) is 12.4. The molecule has 5 heterocycles. The summed E-state index contributed by atoms with van der Waals surface area (Å²) in [7, 11) is 0. The van der Waals surface area contributed by atoms with E-state index in [-0.39, 0.29) is 38.9 Å². The van der Waals surface area contributed by atoms with Gasteiger partial charge in [-0.3, -0.25) is 19.2 Å². The highest BCUT2D eigenvalue weighted by Crippen LogP contribution is 2.29. The second-order valence-corrected chi connectivity index (χ2v) is 15.9. The molecule has 0 bridgehead atoms. The highest BCUT2D eigenvalue weighted by Gasteiger charge is 2.48. The van der Waals surface area contributed by atoms with Crippen molar-refractivity contribution >= 4 is 67.5 Å². The Morgan fingerprint density at radius 2 is 0.889 bits per heavy atom. The smallest absolute Gasteiger partial charge is 0.306 e. The lowest BCUT2D eigenvalue weighted by Crippen LogP contribution is -2.47. The topological polar surface area (TPSA) is 178 Å². The molecule has 2 unspecified atom stereocenters. The Morgan fingerprint density at radius 3 is 1.33 bits per heavy atom. The zero-order valence-corrected chi connectivity index (χ0v) is 34.6. The van der Waals surface area contributed by atoms with Crippen LogP contribution in [0.1, 0.15) is 47.9 Å². The van der Waals surface area contributed by atoms with Gasteiger partial charge in [0.2, 0.25) is 0 Å². The molecule has 4 aromatic heterocycles. The molecule has 1 aliphatic heterocycles. The molecule has 63 heavy (non-hydrogen) atoms. The maximum absolute atomic E-state index is 13.7. The molecule has 322 valence electrons. The number of para-hydroxylation sites is 4. The summed E-state index contributed by atoms with van der Waals surface area (Å²) in [5.74, 6) is -2.14. The van der Waals surface area contributed by atoms with E-state index in [2.05, 4.69) is 19.9 Å². The number of carbonyl (C=O) groups excluding carboxylic acids is 4. The number of nitrogens with one attached hydrogen (secondary N) is 4. The molecule has 0 amide bonds. The lowest BCUT2D eigenvalue weighted by atomic mass is 10.0. The number of benzene rings is 4. The summed E-state index contributed by atoms with van der Waals surface area (Å²) in [6, 6.07) is 31.3. The standard InChI is InChI=1S/C50H48N4O9/c55-45(21-17-31-25-51-39-13-5-1-9-35(31)39)59-29-43(61-46(56)22-18-32-26-52-40-14-6-2-10-36(32)40)49-50(63-48(58)24-20-34-28-54-42-16-8-4-12-38(34)42)44(30-60-49)62-47(57)23-19-33-27-53-41-15-7-3-11-37(33)41/h1-16,25-28,43-44,49-54H,17-24,29-30H2/t43-,44?,49-,50?/m1/s1. The van der Waals surface area contributed by atoms with Gasteiger partial charge in [-0.15, -0.1) is 0 Å². The Bertz CT molecular complexity index is 2890. The van der Waals surface area contributed by atoms with E-state index >= 15 is 0 Å². The normalized spacial score (nSPS) is 16.7. The largest absolute Gasteiger partial charge is 0.462 e. The highest BCUT2D eigenvalue weighted by atomic mass is 16.7. The first-order valence-corrected chi connectivity index (χ1v) is 21.4. The number of fused-ring (bicyclic) bond motifs is 4. The van der Waals surface area contributed by atoms with E-state index in [0.29, 0.717) is 25.7 Å². The van der Waals surface area contributed by atoms with Crippen LogP contribution < -0.4 is 0 Å². The maximum Gasteiger partial charge on any atom is 0.306 e. The van der Waals surface area contributed by atoms with Gasteiger partial charge in [-0.2, -0.15) is 0 Å². The summed E-state index contributed by atoms with van der Waals surface area (Å²) >= 11 is 0. The Morgan fingerprint density at radius 1 is 0.508 bits per heavy atom. The van der Waals surface area contributed by atoms with Crippen LogP contribution in [0.5, 0.6) is 0 Å². The lowest BCUT2D eigenvalue weighted by Gasteiger charge is -2.28. The molecule has 13 nitrogen and oxygen atoms in total. The second kappa shape index (κ2) is 18.9. The minimum atomic E-state index is -1.20. The molecule has 13 heteroatoms. The Hall–Kier alpha value is -7.12. The van der Waals surface area contributed by atoms with E-state index in [4.69, 9.17) is 23.7 Å². The van der Waals surface area contributed by atoms with Gasteiger partial charge in [0.15, 0.2) is 18.3 Å². The van der Waals surface area contributed by atoms with Crippen LogP contribution in [0.2, 0.25) is 0 Å². The zero-order valence-electron chi connectivity index (χ0n) is 34.6. The molecule has 9 rings (SSSR count). The fraction of sp³-hybridized carbons (Fsp3) is 0.280. The Balaban J connectivity index is 0.916. The monoisotopic (exact) mass is 848 g/mol. The van der Waals surface area contributed by atoms with E-state index in [0.717, 1.165) is 65.9 Å². The van der Waals surface area contributed by atoms with Crippen molar-refractivity contribution < 1.29 is 42.9 Å². The van der Waals surface area contributed by atoms with Crippen LogP contribution in [0.4, 0.5) is 0 Å². The summed E-state index contributed by atoms with van der Waals surface area (Å²) in [4.78, 5) is 67.1. The van der Waals surface area contributed by atoms with Crippen molar-refractivity contribution in [1.82, 2.24) is 19.9 Å². The number of hydrogen-bond donors (Lipinski definition) is 4. The molecule has 0 saturated carbocycles. The maximum atomic E-state index is 13.7. The first-order chi connectivity index (χ1) is 30.9. The third-order valence-corrected chi connectivity index (χ3v) is 11.8. The summed E-state index contributed by atoms with van der Waals surface area (Å²) in [5.41, 5.74) is 7.67. The molecule has 4 aromatic carbocycles. The van der Waals surface area contributed by atoms with Crippen molar-refractivity contribution in [2.75, 3.05) is 13.2 Å². The van der Waals surface area contributed by atoms with Gasteiger partial charge in [-0.25, -0.2) is 0 Å². The third-order valence-electron chi connectivity index (χ3n) is 11.8. The minimum absolute atomic E-state index is 0.0148. The van der Waals surface area contributed by atoms with Gasteiger partial charge in [0.05, 0.1) is 6.61 Å². The number of ether oxygens (including phenoxy) is 5. The molecule has 0 radical (unpaired) electrons. The van der Waals surface area contributed by atoms with Gasteiger partial charge < -0.3 is 43.6 Å². The van der Waals surface area contributed by atoms with E-state index < -0.39 is 48.3 Å². The quantitative estimate of drug-likeness (QED) is 0.0491. The molecule has 4 atom stereocenters. The SMILES string of the molecule is O=C(CCc1c[nH]c2ccccc12)OC[C@@H](OC(=O)CCc1c[nH]c2ccccc12)[C@H]1OCC(OC(=O)CCc2c[nH]c3ccccc23)C1OC(=O)CCc1c[nH]c2ccccc12. The summed E-state index contributed by atoms with van der Waals surface area (Å²) in [6.07, 6.45) is 4.76. The first kappa shape index (κ1) is 41.2. The minimum Gasteiger partial charge on any atom is -0.462 e. The van der Waals surface area contributed by atoms with E-state index in [1.54, 1.807) is 0 Å². The van der Waals surface area contributed by atoms with Gasteiger partial charge in [-0.05, 0) is 72.2 Å². The zero-order chi connectivity index (χ0) is 43.1. The van der Waals surface area contributed by atoms with Crippen molar-refractivity contribution in [3.63, 3.8) is 0 Å². The molecule has 4 N–H and O–H groups in total. The van der Waals surface area contributed by atoms with Crippen LogP contribution in [0.3, 0.4) is 0 Å². The van der Waals surface area contributed by atoms with Gasteiger partial charge in [0, 0.05) is 94.1 Å². The predicted octanol–water partition coefficient (Wildman–Crippen LogP) is 8.12. The van der Waals surface area contributed by atoms with E-state index in [9.17, 15) is 19.2 Å². The van der Waals surface area contributed by atoms with E-state index in [1.165, 1.54) is 0 Å². The summed E-state index contributed by atoms with van der Waals surface area (Å²) in [6.45, 7) is -0.511. The fourth-order valence-electron chi connectivity index (χ4n) is 8.58. The fourth-order valence-corrected chi connectivity index (χ4v) is 8.58. The number of aromatic nitrogens is 4. The number of rotatable bonds is 18. The molecule has 1 saturated heterocycles. The van der Waals surface area contributed by atoms with Crippen molar-refractivity contribution in [1.29, 1.82) is 0 Å². The van der Waals surface area contributed by atoms with Gasteiger partial charge >= 0.3 is 23.9 Å². The third kappa shape index (κ3) is 9.53. The van der Waals surface area contributed by atoms with Crippen LogP contribution in [-0.4, -0.2) is 81.4 Å². The first-order valence-electron chi connectivity index (χ1n) is 21.4. The number of carbonyl (C=O) groups is 4. The van der Waals surface area contributed by atoms with E-state index in [1.807, 2.05) is 122 Å². The number of hydrogen-bond acceptors (Lipinski definition) is 9. The van der Waals surface area contributed by atoms with Gasteiger partial charge in [-0.1, -0.05) is 72.8 Å². The van der Waals surface area contributed by atoms with Gasteiger partial charge in [0.1, 0.15) is 12.7 Å². The van der Waals surface area contributed by atoms with Gasteiger partial charge in [0.25, 0.3) is 0 Å². The molecular formula is C50H48N4O9. The van der Waals surface area contributed by atoms with Crippen LogP contribution in [0, 0.1) is 0 Å². The lowest BCUT2D eigenvalue weighted by molar-refractivity contribution is -0.179. The second-order valence-electron chi connectivity index (χ2n) is 15.9. The average molecular weight is 849 g/mol. The van der Waals surface area contributed by atoms with Crippen LogP contribution in [0.25, 0.3) is 43.6 Å². The van der Waals surface area contributed by atoms with Crippen molar-refractivity contribution in [2.45, 2.75) is 75.8 Å². The van der Waals surface area contributed by atoms with Crippen molar-refractivity contribution in [3.8, 4) is 0 Å².